The van der Waals surface area contributed by atoms with Crippen molar-refractivity contribution in [3.63, 3.8) is 0 Å². The number of hydrogen-bond donors (Lipinski definition) is 3. The first kappa shape index (κ1) is 17.1. The van der Waals surface area contributed by atoms with Crippen molar-refractivity contribution in [1.82, 2.24) is 15.5 Å². The largest absolute Gasteiger partial charge is 0.393 e. The highest BCUT2D eigenvalue weighted by atomic mass is 32.1. The van der Waals surface area contributed by atoms with Gasteiger partial charge in [0.2, 0.25) is 5.13 Å². The first-order valence-electron chi connectivity index (χ1n) is 8.22. The molecule has 1 aromatic heterocycles. The fourth-order valence-corrected chi connectivity index (χ4v) is 3.53. The molecule has 2 atom stereocenters. The van der Waals surface area contributed by atoms with Gasteiger partial charge < -0.3 is 10.4 Å². The second-order valence-corrected chi connectivity index (χ2v) is 7.04. The number of aromatic nitrogens is 2. The Morgan fingerprint density at radius 2 is 2.23 bits per heavy atom. The average molecular weight is 326 g/mol. The van der Waals surface area contributed by atoms with Crippen LogP contribution in [-0.4, -0.2) is 34.0 Å². The molecular weight excluding hydrogens is 300 g/mol. The molecule has 22 heavy (non-hydrogen) atoms. The molecule has 1 aliphatic rings. The summed E-state index contributed by atoms with van der Waals surface area (Å²) >= 11 is 1.44. The topological polar surface area (TPSA) is 87.1 Å². The molecule has 2 unspecified atom stereocenters. The molecule has 3 N–H and O–H groups in total. The van der Waals surface area contributed by atoms with E-state index in [0.717, 1.165) is 43.5 Å². The molecule has 0 radical (unpaired) electrons. The Kier molecular flexibility index (Phi) is 7.05. The predicted molar refractivity (Wildman–Crippen MR) is 88.1 cm³/mol. The van der Waals surface area contributed by atoms with Gasteiger partial charge in [-0.05, 0) is 31.6 Å². The van der Waals surface area contributed by atoms with Gasteiger partial charge in [-0.15, -0.1) is 10.2 Å². The summed E-state index contributed by atoms with van der Waals surface area (Å²) in [7, 11) is 0. The molecule has 2 rings (SSSR count). The minimum atomic E-state index is -0.240. The Balaban J connectivity index is 1.68. The number of carbonyl (C=O) groups is 1. The van der Waals surface area contributed by atoms with Crippen molar-refractivity contribution in [3.05, 3.63) is 5.01 Å². The fourth-order valence-electron chi connectivity index (χ4n) is 2.76. The van der Waals surface area contributed by atoms with Crippen molar-refractivity contribution in [1.29, 1.82) is 0 Å². The van der Waals surface area contributed by atoms with Crippen LogP contribution in [0, 0.1) is 5.92 Å². The van der Waals surface area contributed by atoms with Crippen molar-refractivity contribution in [2.24, 2.45) is 5.92 Å². The summed E-state index contributed by atoms with van der Waals surface area (Å²) in [6.45, 7) is 2.77. The Morgan fingerprint density at radius 1 is 1.36 bits per heavy atom. The quantitative estimate of drug-likeness (QED) is 0.672. The Bertz CT molecular complexity index is 466. The number of unbranched alkanes of at least 4 members (excludes halogenated alkanes) is 2. The van der Waals surface area contributed by atoms with E-state index in [9.17, 15) is 9.90 Å². The average Bonchev–Trinajstić information content (AvgIpc) is 2.93. The highest BCUT2D eigenvalue weighted by molar-refractivity contribution is 7.15. The molecule has 7 heteroatoms. The molecule has 1 saturated carbocycles. The van der Waals surface area contributed by atoms with Gasteiger partial charge in [-0.25, -0.2) is 4.79 Å². The highest BCUT2D eigenvalue weighted by Crippen LogP contribution is 2.23. The van der Waals surface area contributed by atoms with Crippen molar-refractivity contribution in [2.75, 3.05) is 11.9 Å². The monoisotopic (exact) mass is 326 g/mol. The van der Waals surface area contributed by atoms with Crippen LogP contribution in [-0.2, 0) is 6.42 Å². The zero-order valence-electron chi connectivity index (χ0n) is 13.2. The summed E-state index contributed by atoms with van der Waals surface area (Å²) in [5.74, 6) is 0.369. The van der Waals surface area contributed by atoms with E-state index in [2.05, 4.69) is 27.8 Å². The smallest absolute Gasteiger partial charge is 0.321 e. The number of aryl methyl sites for hydroxylation is 1. The molecule has 0 saturated heterocycles. The summed E-state index contributed by atoms with van der Waals surface area (Å²) < 4.78 is 0. The summed E-state index contributed by atoms with van der Waals surface area (Å²) in [6, 6.07) is -0.240. The van der Waals surface area contributed by atoms with E-state index in [1.165, 1.54) is 24.2 Å². The SMILES string of the molecule is CCCCCc1nnc(NC(=O)NCC2CCCC(O)C2)s1. The molecule has 0 spiro atoms. The van der Waals surface area contributed by atoms with Crippen molar-refractivity contribution in [3.8, 4) is 0 Å². The standard InChI is InChI=1S/C15H26N4O2S/c1-2-3-4-8-13-18-19-15(22-13)17-14(21)16-10-11-6-5-7-12(20)9-11/h11-12,20H,2-10H2,1H3,(H2,16,17,19,21). The second-order valence-electron chi connectivity index (χ2n) is 5.98. The third-order valence-electron chi connectivity index (χ3n) is 3.99. The molecular formula is C15H26N4O2S. The van der Waals surface area contributed by atoms with Crippen molar-refractivity contribution >= 4 is 22.5 Å². The molecule has 1 heterocycles. The number of nitrogens with zero attached hydrogens (tertiary/aromatic N) is 2. The Hall–Kier alpha value is -1.21. The Labute approximate surface area is 135 Å². The lowest BCUT2D eigenvalue weighted by atomic mass is 9.87. The first-order chi connectivity index (χ1) is 10.7. The van der Waals surface area contributed by atoms with Crippen LogP contribution in [0.1, 0.15) is 56.9 Å². The third kappa shape index (κ3) is 5.88. The van der Waals surface area contributed by atoms with E-state index >= 15 is 0 Å². The number of amides is 2. The van der Waals surface area contributed by atoms with Gasteiger partial charge in [0.05, 0.1) is 6.10 Å². The van der Waals surface area contributed by atoms with Crippen LogP contribution in [0.5, 0.6) is 0 Å². The minimum Gasteiger partial charge on any atom is -0.393 e. The van der Waals surface area contributed by atoms with Crippen molar-refractivity contribution < 1.29 is 9.90 Å². The third-order valence-corrected chi connectivity index (χ3v) is 4.89. The summed E-state index contributed by atoms with van der Waals surface area (Å²) in [4.78, 5) is 11.9. The summed E-state index contributed by atoms with van der Waals surface area (Å²) in [6.07, 6.45) is 7.96. The van der Waals surface area contributed by atoms with Crippen LogP contribution in [0.25, 0.3) is 0 Å². The molecule has 1 aliphatic carbocycles. The number of anilines is 1. The summed E-state index contributed by atoms with van der Waals surface area (Å²) in [5, 5.41) is 24.8. The number of urea groups is 1. The molecule has 0 bridgehead atoms. The molecule has 0 aliphatic heterocycles. The van der Waals surface area contributed by atoms with Gasteiger partial charge in [-0.1, -0.05) is 37.5 Å². The predicted octanol–water partition coefficient (Wildman–Crippen LogP) is 2.94. The fraction of sp³-hybridized carbons (Fsp3) is 0.800. The van der Waals surface area contributed by atoms with Gasteiger partial charge in [-0.2, -0.15) is 0 Å². The lowest BCUT2D eigenvalue weighted by Crippen LogP contribution is -2.35. The van der Waals surface area contributed by atoms with E-state index in [-0.39, 0.29) is 12.1 Å². The van der Waals surface area contributed by atoms with Gasteiger partial charge in [-0.3, -0.25) is 5.32 Å². The second kappa shape index (κ2) is 9.05. The number of carbonyl (C=O) groups excluding carboxylic acids is 1. The van der Waals surface area contributed by atoms with E-state index in [1.807, 2.05) is 0 Å². The number of hydrogen-bond acceptors (Lipinski definition) is 5. The van der Waals surface area contributed by atoms with Crippen LogP contribution in [0.4, 0.5) is 9.93 Å². The van der Waals surface area contributed by atoms with Gasteiger partial charge in [0.25, 0.3) is 0 Å². The van der Waals surface area contributed by atoms with E-state index < -0.39 is 0 Å². The van der Waals surface area contributed by atoms with Gasteiger partial charge in [0, 0.05) is 13.0 Å². The van der Waals surface area contributed by atoms with Crippen molar-refractivity contribution in [2.45, 2.75) is 64.4 Å². The molecule has 1 aromatic rings. The molecule has 1 fully saturated rings. The van der Waals surface area contributed by atoms with Gasteiger partial charge >= 0.3 is 6.03 Å². The van der Waals surface area contributed by atoms with Crippen LogP contribution >= 0.6 is 11.3 Å². The lowest BCUT2D eigenvalue weighted by Gasteiger charge is -2.25. The van der Waals surface area contributed by atoms with E-state index in [1.54, 1.807) is 0 Å². The summed E-state index contributed by atoms with van der Waals surface area (Å²) in [5.41, 5.74) is 0. The van der Waals surface area contributed by atoms with Crippen LogP contribution in [0.3, 0.4) is 0 Å². The molecule has 2 amide bonds. The lowest BCUT2D eigenvalue weighted by molar-refractivity contribution is 0.101. The normalized spacial score (nSPS) is 21.5. The zero-order valence-corrected chi connectivity index (χ0v) is 14.0. The van der Waals surface area contributed by atoms with Gasteiger partial charge in [0.15, 0.2) is 0 Å². The minimum absolute atomic E-state index is 0.211. The maximum atomic E-state index is 11.9. The number of aliphatic hydroxyl groups is 1. The molecule has 0 aromatic carbocycles. The number of nitrogens with one attached hydrogen (secondary N) is 2. The van der Waals surface area contributed by atoms with Crippen LogP contribution in [0.2, 0.25) is 0 Å². The number of aliphatic hydroxyl groups excluding tert-OH is 1. The molecule has 6 nitrogen and oxygen atoms in total. The molecule has 124 valence electrons. The van der Waals surface area contributed by atoms with Gasteiger partial charge in [0.1, 0.15) is 5.01 Å². The zero-order chi connectivity index (χ0) is 15.8. The van der Waals surface area contributed by atoms with E-state index in [4.69, 9.17) is 0 Å². The number of rotatable bonds is 7. The van der Waals surface area contributed by atoms with Crippen LogP contribution in [0.15, 0.2) is 0 Å². The maximum absolute atomic E-state index is 11.9. The maximum Gasteiger partial charge on any atom is 0.321 e. The van der Waals surface area contributed by atoms with Crippen LogP contribution < -0.4 is 10.6 Å². The Morgan fingerprint density at radius 3 is 3.00 bits per heavy atom. The highest BCUT2D eigenvalue weighted by Gasteiger charge is 2.20. The first-order valence-corrected chi connectivity index (χ1v) is 9.04. The van der Waals surface area contributed by atoms with E-state index in [0.29, 0.717) is 17.6 Å².